The second-order valence-corrected chi connectivity index (χ2v) is 7.07. The Morgan fingerprint density at radius 3 is 2.60 bits per heavy atom. The standard InChI is InChI=1S/C21H22FN5O3/c1-26(2)21(30)20-15(13-28)4-3-9-27(20)12-19(29)25-16-6-7-17(23-11-16)14-5-8-18(22)24-10-14/h5-8,10-11,13H,3-4,9,12H2,1-2H3,(H,25,29). The summed E-state index contributed by atoms with van der Waals surface area (Å²) in [5, 5.41) is 2.74. The molecule has 0 spiro atoms. The molecule has 0 radical (unpaired) electrons. The third-order valence-corrected chi connectivity index (χ3v) is 4.65. The number of aldehydes is 1. The maximum atomic E-state index is 12.9. The summed E-state index contributed by atoms with van der Waals surface area (Å²) in [4.78, 5) is 47.3. The van der Waals surface area contributed by atoms with E-state index in [-0.39, 0.29) is 24.1 Å². The topological polar surface area (TPSA) is 95.5 Å². The molecule has 0 bridgehead atoms. The Bertz CT molecular complexity index is 971. The highest BCUT2D eigenvalue weighted by Crippen LogP contribution is 2.23. The number of carbonyl (C=O) groups is 3. The van der Waals surface area contributed by atoms with E-state index in [2.05, 4.69) is 15.3 Å². The van der Waals surface area contributed by atoms with Crippen molar-refractivity contribution in [2.75, 3.05) is 32.5 Å². The van der Waals surface area contributed by atoms with Crippen LogP contribution in [0.4, 0.5) is 10.1 Å². The van der Waals surface area contributed by atoms with Crippen LogP contribution in [-0.2, 0) is 14.4 Å². The van der Waals surface area contributed by atoms with Gasteiger partial charge in [-0.2, -0.15) is 4.39 Å². The molecular formula is C21H22FN5O3. The van der Waals surface area contributed by atoms with Crippen LogP contribution in [0, 0.1) is 5.95 Å². The van der Waals surface area contributed by atoms with Crippen molar-refractivity contribution in [1.29, 1.82) is 0 Å². The highest BCUT2D eigenvalue weighted by Gasteiger charge is 2.28. The number of halogens is 1. The van der Waals surface area contributed by atoms with Crippen molar-refractivity contribution in [3.63, 3.8) is 0 Å². The first-order valence-corrected chi connectivity index (χ1v) is 9.42. The lowest BCUT2D eigenvalue weighted by molar-refractivity contribution is -0.127. The van der Waals surface area contributed by atoms with Gasteiger partial charge < -0.3 is 15.1 Å². The number of likely N-dealkylation sites (N-methyl/N-ethyl adjacent to an activating group) is 1. The second-order valence-electron chi connectivity index (χ2n) is 7.07. The van der Waals surface area contributed by atoms with Gasteiger partial charge in [0.1, 0.15) is 12.0 Å². The maximum absolute atomic E-state index is 12.9. The van der Waals surface area contributed by atoms with E-state index >= 15 is 0 Å². The SMILES string of the molecule is CN(C)C(=O)C1=C(C=O)CCCN1CC(=O)Nc1ccc(-c2ccc(F)nc2)nc1. The van der Waals surface area contributed by atoms with Crippen molar-refractivity contribution in [3.05, 3.63) is 53.9 Å². The van der Waals surface area contributed by atoms with Gasteiger partial charge in [-0.3, -0.25) is 19.4 Å². The molecular weight excluding hydrogens is 389 g/mol. The van der Waals surface area contributed by atoms with Crippen molar-refractivity contribution in [3.8, 4) is 11.3 Å². The molecule has 0 aliphatic carbocycles. The number of hydrogen-bond acceptors (Lipinski definition) is 6. The predicted molar refractivity (Wildman–Crippen MR) is 109 cm³/mol. The van der Waals surface area contributed by atoms with Gasteiger partial charge >= 0.3 is 0 Å². The average molecular weight is 411 g/mol. The summed E-state index contributed by atoms with van der Waals surface area (Å²) in [6.07, 6.45) is 4.76. The summed E-state index contributed by atoms with van der Waals surface area (Å²) in [7, 11) is 3.21. The number of allylic oxidation sites excluding steroid dienone is 1. The highest BCUT2D eigenvalue weighted by atomic mass is 19.1. The van der Waals surface area contributed by atoms with Crippen LogP contribution in [0.5, 0.6) is 0 Å². The van der Waals surface area contributed by atoms with E-state index in [1.165, 1.54) is 23.4 Å². The van der Waals surface area contributed by atoms with Gasteiger partial charge in [0.25, 0.3) is 5.91 Å². The van der Waals surface area contributed by atoms with Crippen LogP contribution in [0.15, 0.2) is 47.9 Å². The zero-order chi connectivity index (χ0) is 21.7. The van der Waals surface area contributed by atoms with E-state index in [0.29, 0.717) is 48.2 Å². The quantitative estimate of drug-likeness (QED) is 0.576. The lowest BCUT2D eigenvalue weighted by atomic mass is 10.0. The van der Waals surface area contributed by atoms with Crippen LogP contribution in [0.25, 0.3) is 11.3 Å². The normalized spacial score (nSPS) is 13.8. The average Bonchev–Trinajstić information content (AvgIpc) is 2.74. The Labute approximate surface area is 173 Å². The molecule has 0 saturated heterocycles. The van der Waals surface area contributed by atoms with Crippen molar-refractivity contribution < 1.29 is 18.8 Å². The molecule has 1 aliphatic rings. The lowest BCUT2D eigenvalue weighted by Gasteiger charge is -2.32. The van der Waals surface area contributed by atoms with E-state index in [4.69, 9.17) is 0 Å². The lowest BCUT2D eigenvalue weighted by Crippen LogP contribution is -2.42. The Hall–Kier alpha value is -3.62. The van der Waals surface area contributed by atoms with Gasteiger partial charge in [-0.25, -0.2) is 4.98 Å². The van der Waals surface area contributed by atoms with Gasteiger partial charge in [0, 0.05) is 38.0 Å². The predicted octanol–water partition coefficient (Wildman–Crippen LogP) is 1.86. The molecule has 9 heteroatoms. The molecule has 30 heavy (non-hydrogen) atoms. The molecule has 0 fully saturated rings. The molecule has 0 unspecified atom stereocenters. The molecule has 0 atom stereocenters. The molecule has 1 aliphatic heterocycles. The summed E-state index contributed by atoms with van der Waals surface area (Å²) in [5.74, 6) is -1.20. The van der Waals surface area contributed by atoms with Gasteiger partial charge in [-0.05, 0) is 37.1 Å². The molecule has 0 saturated carbocycles. The number of aromatic nitrogens is 2. The second kappa shape index (κ2) is 9.25. The van der Waals surface area contributed by atoms with Gasteiger partial charge in [0.2, 0.25) is 11.9 Å². The Morgan fingerprint density at radius 2 is 2.00 bits per heavy atom. The minimum absolute atomic E-state index is 0.0596. The molecule has 2 aromatic rings. The minimum Gasteiger partial charge on any atom is -0.357 e. The zero-order valence-corrected chi connectivity index (χ0v) is 16.8. The molecule has 0 aromatic carbocycles. The van der Waals surface area contributed by atoms with Crippen LogP contribution in [0.2, 0.25) is 0 Å². The number of amides is 2. The number of carbonyl (C=O) groups excluding carboxylic acids is 3. The molecule has 3 rings (SSSR count). The fourth-order valence-corrected chi connectivity index (χ4v) is 3.19. The summed E-state index contributed by atoms with van der Waals surface area (Å²) in [5.41, 5.74) is 2.41. The third-order valence-electron chi connectivity index (χ3n) is 4.65. The van der Waals surface area contributed by atoms with E-state index in [1.54, 1.807) is 37.2 Å². The van der Waals surface area contributed by atoms with E-state index in [0.717, 1.165) is 0 Å². The number of nitrogens with one attached hydrogen (secondary N) is 1. The molecule has 8 nitrogen and oxygen atoms in total. The maximum Gasteiger partial charge on any atom is 0.270 e. The van der Waals surface area contributed by atoms with Gasteiger partial charge in [-0.15, -0.1) is 0 Å². The largest absolute Gasteiger partial charge is 0.357 e. The van der Waals surface area contributed by atoms with E-state index in [9.17, 15) is 18.8 Å². The summed E-state index contributed by atoms with van der Waals surface area (Å²) >= 11 is 0. The van der Waals surface area contributed by atoms with E-state index < -0.39 is 5.95 Å². The zero-order valence-electron chi connectivity index (χ0n) is 16.8. The molecule has 3 heterocycles. The number of nitrogens with zero attached hydrogens (tertiary/aromatic N) is 4. The monoisotopic (exact) mass is 411 g/mol. The van der Waals surface area contributed by atoms with Crippen LogP contribution in [0.1, 0.15) is 12.8 Å². The number of rotatable bonds is 6. The van der Waals surface area contributed by atoms with Crippen molar-refractivity contribution >= 4 is 23.8 Å². The van der Waals surface area contributed by atoms with E-state index in [1.807, 2.05) is 0 Å². The van der Waals surface area contributed by atoms with Crippen molar-refractivity contribution in [1.82, 2.24) is 19.8 Å². The van der Waals surface area contributed by atoms with Gasteiger partial charge in [0.15, 0.2) is 0 Å². The number of pyridine rings is 2. The van der Waals surface area contributed by atoms with Gasteiger partial charge in [-0.1, -0.05) is 0 Å². The van der Waals surface area contributed by atoms with Crippen molar-refractivity contribution in [2.45, 2.75) is 12.8 Å². The Balaban J connectivity index is 1.69. The fourth-order valence-electron chi connectivity index (χ4n) is 3.19. The van der Waals surface area contributed by atoms with Crippen LogP contribution >= 0.6 is 0 Å². The molecule has 156 valence electrons. The Kier molecular flexibility index (Phi) is 6.51. The van der Waals surface area contributed by atoms with Crippen LogP contribution < -0.4 is 5.32 Å². The van der Waals surface area contributed by atoms with Crippen LogP contribution in [0.3, 0.4) is 0 Å². The first-order chi connectivity index (χ1) is 14.4. The number of hydrogen-bond donors (Lipinski definition) is 1. The smallest absolute Gasteiger partial charge is 0.270 e. The highest BCUT2D eigenvalue weighted by molar-refractivity contribution is 6.00. The summed E-state index contributed by atoms with van der Waals surface area (Å²) in [6.45, 7) is 0.449. The number of anilines is 1. The third kappa shape index (κ3) is 4.86. The van der Waals surface area contributed by atoms with Gasteiger partial charge in [0.05, 0.1) is 24.1 Å². The molecule has 2 aromatic heterocycles. The fraction of sp³-hybridized carbons (Fsp3) is 0.286. The first kappa shape index (κ1) is 21.1. The Morgan fingerprint density at radius 1 is 1.20 bits per heavy atom. The summed E-state index contributed by atoms with van der Waals surface area (Å²) < 4.78 is 12.9. The van der Waals surface area contributed by atoms with Crippen LogP contribution in [-0.4, -0.2) is 65.1 Å². The van der Waals surface area contributed by atoms with Crippen molar-refractivity contribution in [2.24, 2.45) is 0 Å². The summed E-state index contributed by atoms with van der Waals surface area (Å²) in [6, 6.07) is 6.19. The minimum atomic E-state index is -0.570. The molecule has 2 amide bonds. The first-order valence-electron chi connectivity index (χ1n) is 9.42. The molecule has 1 N–H and O–H groups in total.